The molecule has 1 aliphatic carbocycles. The van der Waals surface area contributed by atoms with Crippen molar-refractivity contribution in [2.45, 2.75) is 19.3 Å². The van der Waals surface area contributed by atoms with Gasteiger partial charge < -0.3 is 4.74 Å². The van der Waals surface area contributed by atoms with Crippen LogP contribution in [0.25, 0.3) is 5.57 Å². The summed E-state index contributed by atoms with van der Waals surface area (Å²) in [6, 6.07) is 4.96. The molecule has 74 valence electrons. The molecule has 0 N–H and O–H groups in total. The molecule has 2 heteroatoms. The Labute approximate surface area is 83.2 Å². The first-order chi connectivity index (χ1) is 6.83. The van der Waals surface area contributed by atoms with Gasteiger partial charge in [-0.2, -0.15) is 0 Å². The number of allylic oxidation sites excluding steroid dienone is 2. The van der Waals surface area contributed by atoms with E-state index in [-0.39, 0.29) is 5.82 Å². The summed E-state index contributed by atoms with van der Waals surface area (Å²) >= 11 is 0. The number of methoxy groups -OCH3 is 1. The summed E-state index contributed by atoms with van der Waals surface area (Å²) in [4.78, 5) is 0. The minimum atomic E-state index is -0.183. The zero-order chi connectivity index (χ0) is 9.97. The normalized spacial score (nSPS) is 15.4. The fraction of sp³-hybridized carbons (Fsp3) is 0.333. The predicted octanol–water partition coefficient (Wildman–Crippen LogP) is 3.40. The van der Waals surface area contributed by atoms with Gasteiger partial charge in [0.1, 0.15) is 11.6 Å². The van der Waals surface area contributed by atoms with Crippen LogP contribution in [0.2, 0.25) is 0 Å². The first-order valence-electron chi connectivity index (χ1n) is 4.85. The van der Waals surface area contributed by atoms with Crippen molar-refractivity contribution in [1.82, 2.24) is 0 Å². The maximum atomic E-state index is 13.6. The average Bonchev–Trinajstić information content (AvgIpc) is 2.70. The largest absolute Gasteiger partial charge is 0.496 e. The van der Waals surface area contributed by atoms with Gasteiger partial charge in [0.15, 0.2) is 0 Å². The second-order valence-electron chi connectivity index (χ2n) is 3.44. The van der Waals surface area contributed by atoms with Gasteiger partial charge >= 0.3 is 0 Å². The third-order valence-electron chi connectivity index (χ3n) is 2.56. The fourth-order valence-corrected chi connectivity index (χ4v) is 1.88. The van der Waals surface area contributed by atoms with Crippen molar-refractivity contribution in [3.63, 3.8) is 0 Å². The van der Waals surface area contributed by atoms with E-state index in [0.717, 1.165) is 24.8 Å². The van der Waals surface area contributed by atoms with Gasteiger partial charge in [0, 0.05) is 0 Å². The number of benzene rings is 1. The molecule has 0 fully saturated rings. The first-order valence-corrected chi connectivity index (χ1v) is 4.85. The van der Waals surface area contributed by atoms with E-state index < -0.39 is 0 Å². The molecular formula is C12H13FO. The zero-order valence-corrected chi connectivity index (χ0v) is 8.22. The average molecular weight is 192 g/mol. The number of ether oxygens (including phenoxy) is 1. The van der Waals surface area contributed by atoms with Gasteiger partial charge in [-0.05, 0) is 37.0 Å². The van der Waals surface area contributed by atoms with Crippen molar-refractivity contribution in [3.8, 4) is 5.75 Å². The van der Waals surface area contributed by atoms with E-state index in [4.69, 9.17) is 4.74 Å². The lowest BCUT2D eigenvalue weighted by atomic mass is 10.0. The van der Waals surface area contributed by atoms with Gasteiger partial charge in [-0.15, -0.1) is 0 Å². The van der Waals surface area contributed by atoms with Crippen molar-refractivity contribution in [2.24, 2.45) is 0 Å². The second-order valence-corrected chi connectivity index (χ2v) is 3.44. The maximum Gasteiger partial charge on any atom is 0.134 e. The molecule has 1 aliphatic rings. The van der Waals surface area contributed by atoms with Gasteiger partial charge in [-0.3, -0.25) is 0 Å². The van der Waals surface area contributed by atoms with Gasteiger partial charge in [0.05, 0.1) is 12.7 Å². The van der Waals surface area contributed by atoms with Crippen LogP contribution < -0.4 is 4.74 Å². The fourth-order valence-electron chi connectivity index (χ4n) is 1.88. The molecular weight excluding hydrogens is 179 g/mol. The smallest absolute Gasteiger partial charge is 0.134 e. The summed E-state index contributed by atoms with van der Waals surface area (Å²) in [5.41, 5.74) is 1.73. The maximum absolute atomic E-state index is 13.6. The SMILES string of the molecule is COc1cccc(F)c1C1=CCCC1. The van der Waals surface area contributed by atoms with E-state index in [9.17, 15) is 4.39 Å². The van der Waals surface area contributed by atoms with Crippen molar-refractivity contribution >= 4 is 5.57 Å². The lowest BCUT2D eigenvalue weighted by Crippen LogP contribution is -1.94. The number of halogens is 1. The summed E-state index contributed by atoms with van der Waals surface area (Å²) in [6.45, 7) is 0. The van der Waals surface area contributed by atoms with E-state index in [0.29, 0.717) is 11.3 Å². The van der Waals surface area contributed by atoms with E-state index in [1.165, 1.54) is 6.07 Å². The molecule has 0 spiro atoms. The Hall–Kier alpha value is -1.31. The van der Waals surface area contributed by atoms with Crippen LogP contribution in [0.1, 0.15) is 24.8 Å². The zero-order valence-electron chi connectivity index (χ0n) is 8.22. The van der Waals surface area contributed by atoms with Crippen LogP contribution in [0, 0.1) is 5.82 Å². The van der Waals surface area contributed by atoms with Crippen LogP contribution in [0.3, 0.4) is 0 Å². The number of rotatable bonds is 2. The molecule has 0 amide bonds. The standard InChI is InChI=1S/C12H13FO/c1-14-11-8-4-7-10(13)12(11)9-5-2-3-6-9/h4-5,7-8H,2-3,6H2,1H3. The molecule has 1 aromatic carbocycles. The molecule has 0 aromatic heterocycles. The highest BCUT2D eigenvalue weighted by atomic mass is 19.1. The summed E-state index contributed by atoms with van der Waals surface area (Å²) in [5, 5.41) is 0. The Balaban J connectivity index is 2.48. The second kappa shape index (κ2) is 3.82. The molecule has 2 rings (SSSR count). The number of hydrogen-bond acceptors (Lipinski definition) is 1. The Morgan fingerprint density at radius 3 is 2.86 bits per heavy atom. The van der Waals surface area contributed by atoms with Crippen LogP contribution in [0.15, 0.2) is 24.3 Å². The highest BCUT2D eigenvalue weighted by molar-refractivity contribution is 5.72. The summed E-state index contributed by atoms with van der Waals surface area (Å²) in [5.74, 6) is 0.454. The molecule has 14 heavy (non-hydrogen) atoms. The quantitative estimate of drug-likeness (QED) is 0.697. The minimum Gasteiger partial charge on any atom is -0.496 e. The Morgan fingerprint density at radius 2 is 2.21 bits per heavy atom. The topological polar surface area (TPSA) is 9.23 Å². The third-order valence-corrected chi connectivity index (χ3v) is 2.56. The number of hydrogen-bond donors (Lipinski definition) is 0. The third kappa shape index (κ3) is 1.52. The molecule has 0 radical (unpaired) electrons. The highest BCUT2D eigenvalue weighted by Crippen LogP contribution is 2.35. The monoisotopic (exact) mass is 192 g/mol. The van der Waals surface area contributed by atoms with E-state index >= 15 is 0 Å². The van der Waals surface area contributed by atoms with Gasteiger partial charge in [-0.1, -0.05) is 12.1 Å². The Bertz CT molecular complexity index is 369. The minimum absolute atomic E-state index is 0.183. The summed E-state index contributed by atoms with van der Waals surface area (Å²) in [7, 11) is 1.58. The van der Waals surface area contributed by atoms with Crippen molar-refractivity contribution in [3.05, 3.63) is 35.7 Å². The molecule has 0 atom stereocenters. The van der Waals surface area contributed by atoms with Gasteiger partial charge in [0.25, 0.3) is 0 Å². The molecule has 1 nitrogen and oxygen atoms in total. The van der Waals surface area contributed by atoms with Crippen LogP contribution >= 0.6 is 0 Å². The summed E-state index contributed by atoms with van der Waals surface area (Å²) in [6.07, 6.45) is 5.22. The van der Waals surface area contributed by atoms with Crippen molar-refractivity contribution in [2.75, 3.05) is 7.11 Å². The predicted molar refractivity (Wildman–Crippen MR) is 54.8 cm³/mol. The Morgan fingerprint density at radius 1 is 1.36 bits per heavy atom. The van der Waals surface area contributed by atoms with E-state index in [1.54, 1.807) is 19.2 Å². The lowest BCUT2D eigenvalue weighted by Gasteiger charge is -2.09. The van der Waals surface area contributed by atoms with Crippen LogP contribution in [-0.4, -0.2) is 7.11 Å². The van der Waals surface area contributed by atoms with Crippen LogP contribution in [0.4, 0.5) is 4.39 Å². The van der Waals surface area contributed by atoms with E-state index in [2.05, 4.69) is 6.08 Å². The molecule has 0 saturated carbocycles. The van der Waals surface area contributed by atoms with Crippen LogP contribution in [0.5, 0.6) is 5.75 Å². The molecule has 0 aliphatic heterocycles. The molecule has 0 bridgehead atoms. The molecule has 0 heterocycles. The first kappa shape index (κ1) is 9.25. The van der Waals surface area contributed by atoms with Crippen molar-refractivity contribution in [1.29, 1.82) is 0 Å². The van der Waals surface area contributed by atoms with Gasteiger partial charge in [0.2, 0.25) is 0 Å². The molecule has 0 saturated heterocycles. The van der Waals surface area contributed by atoms with Crippen LogP contribution in [-0.2, 0) is 0 Å². The molecule has 0 unspecified atom stereocenters. The highest BCUT2D eigenvalue weighted by Gasteiger charge is 2.15. The lowest BCUT2D eigenvalue weighted by molar-refractivity contribution is 0.409. The molecule has 1 aromatic rings. The van der Waals surface area contributed by atoms with Gasteiger partial charge in [-0.25, -0.2) is 4.39 Å². The Kier molecular flexibility index (Phi) is 2.53. The summed E-state index contributed by atoms with van der Waals surface area (Å²) < 4.78 is 18.7. The van der Waals surface area contributed by atoms with Crippen molar-refractivity contribution < 1.29 is 9.13 Å². The van der Waals surface area contributed by atoms with E-state index in [1.807, 2.05) is 0 Å².